The molecule has 6 nitrogen and oxygen atoms in total. The van der Waals surface area contributed by atoms with Gasteiger partial charge in [-0.15, -0.1) is 0 Å². The Morgan fingerprint density at radius 3 is 2.14 bits per heavy atom. The Kier molecular flexibility index (Phi) is 5.75. The number of benzene rings is 2. The summed E-state index contributed by atoms with van der Waals surface area (Å²) >= 11 is 6.17. The molecule has 0 saturated carbocycles. The predicted octanol–water partition coefficient (Wildman–Crippen LogP) is 4.30. The van der Waals surface area contributed by atoms with Gasteiger partial charge >= 0.3 is 5.97 Å². The zero-order valence-electron chi connectivity index (χ0n) is 16.6. The summed E-state index contributed by atoms with van der Waals surface area (Å²) in [7, 11) is 0. The highest BCUT2D eigenvalue weighted by molar-refractivity contribution is 6.53. The molecule has 0 fully saturated rings. The van der Waals surface area contributed by atoms with E-state index < -0.39 is 17.8 Å². The molecule has 0 aliphatic carbocycles. The van der Waals surface area contributed by atoms with E-state index in [1.807, 2.05) is 19.9 Å². The number of esters is 1. The van der Waals surface area contributed by atoms with Crippen LogP contribution < -0.4 is 10.2 Å². The fraction of sp³-hybridized carbons (Fsp3) is 0.227. The number of anilines is 2. The predicted molar refractivity (Wildman–Crippen MR) is 112 cm³/mol. The van der Waals surface area contributed by atoms with E-state index in [1.54, 1.807) is 50.2 Å². The molecule has 0 saturated heterocycles. The summed E-state index contributed by atoms with van der Waals surface area (Å²) in [4.78, 5) is 38.5. The number of imide groups is 1. The van der Waals surface area contributed by atoms with Crippen LogP contribution in [-0.2, 0) is 14.3 Å². The first-order valence-corrected chi connectivity index (χ1v) is 9.50. The van der Waals surface area contributed by atoms with Crippen LogP contribution in [0.4, 0.5) is 11.4 Å². The first-order chi connectivity index (χ1) is 13.7. The van der Waals surface area contributed by atoms with Gasteiger partial charge in [-0.25, -0.2) is 9.69 Å². The number of halogens is 1. The zero-order valence-corrected chi connectivity index (χ0v) is 17.3. The lowest BCUT2D eigenvalue weighted by Gasteiger charge is -2.16. The molecule has 0 unspecified atom stereocenters. The second kappa shape index (κ2) is 8.09. The van der Waals surface area contributed by atoms with E-state index in [2.05, 4.69) is 5.32 Å². The van der Waals surface area contributed by atoms with Crippen LogP contribution >= 0.6 is 11.6 Å². The zero-order chi connectivity index (χ0) is 21.3. The normalized spacial score (nSPS) is 14.1. The van der Waals surface area contributed by atoms with Gasteiger partial charge in [0, 0.05) is 5.69 Å². The van der Waals surface area contributed by atoms with E-state index in [1.165, 1.54) is 0 Å². The third kappa shape index (κ3) is 4.32. The number of ether oxygens (including phenoxy) is 1. The van der Waals surface area contributed by atoms with Gasteiger partial charge in [-0.3, -0.25) is 9.59 Å². The smallest absolute Gasteiger partial charge is 0.338 e. The molecule has 1 N–H and O–H groups in total. The van der Waals surface area contributed by atoms with Gasteiger partial charge in [-0.05, 0) is 75.2 Å². The average Bonchev–Trinajstić information content (AvgIpc) is 2.84. The van der Waals surface area contributed by atoms with Crippen molar-refractivity contribution in [3.05, 3.63) is 69.9 Å². The number of amides is 2. The van der Waals surface area contributed by atoms with Gasteiger partial charge in [0.1, 0.15) is 10.7 Å². The van der Waals surface area contributed by atoms with E-state index in [-0.39, 0.29) is 16.8 Å². The van der Waals surface area contributed by atoms with Crippen molar-refractivity contribution in [2.45, 2.75) is 33.8 Å². The molecule has 0 atom stereocenters. The van der Waals surface area contributed by atoms with Crippen LogP contribution in [0.5, 0.6) is 0 Å². The molecule has 2 aromatic rings. The van der Waals surface area contributed by atoms with Crippen LogP contribution in [0.25, 0.3) is 0 Å². The first-order valence-electron chi connectivity index (χ1n) is 9.12. The van der Waals surface area contributed by atoms with Crippen molar-refractivity contribution in [3.63, 3.8) is 0 Å². The Morgan fingerprint density at radius 1 is 1.00 bits per heavy atom. The Balaban J connectivity index is 1.81. The summed E-state index contributed by atoms with van der Waals surface area (Å²) in [5.41, 5.74) is 3.23. The van der Waals surface area contributed by atoms with Gasteiger partial charge in [0.05, 0.1) is 17.4 Å². The Labute approximate surface area is 174 Å². The number of carbonyl (C=O) groups excluding carboxylic acids is 3. The molecular formula is C22H21ClN2O4. The molecule has 150 valence electrons. The number of carbonyl (C=O) groups is 3. The average molecular weight is 413 g/mol. The lowest BCUT2D eigenvalue weighted by Crippen LogP contribution is -2.32. The van der Waals surface area contributed by atoms with Gasteiger partial charge in [0.25, 0.3) is 11.8 Å². The van der Waals surface area contributed by atoms with Gasteiger partial charge in [0.2, 0.25) is 0 Å². The Bertz CT molecular complexity index is 1010. The summed E-state index contributed by atoms with van der Waals surface area (Å²) < 4.78 is 5.14. The maximum Gasteiger partial charge on any atom is 0.338 e. The molecule has 0 spiro atoms. The van der Waals surface area contributed by atoms with E-state index in [4.69, 9.17) is 16.3 Å². The molecule has 7 heteroatoms. The number of rotatable bonds is 5. The summed E-state index contributed by atoms with van der Waals surface area (Å²) in [5.74, 6) is -1.55. The van der Waals surface area contributed by atoms with Crippen LogP contribution in [-0.4, -0.2) is 23.9 Å². The number of nitrogens with one attached hydrogen (secondary N) is 1. The highest BCUT2D eigenvalue weighted by Gasteiger charge is 2.39. The molecule has 2 amide bonds. The quantitative estimate of drug-likeness (QED) is 0.585. The summed E-state index contributed by atoms with van der Waals surface area (Å²) in [5, 5.41) is 2.71. The monoisotopic (exact) mass is 412 g/mol. The molecular weight excluding hydrogens is 392 g/mol. The fourth-order valence-electron chi connectivity index (χ4n) is 3.04. The highest BCUT2D eigenvalue weighted by atomic mass is 35.5. The van der Waals surface area contributed by atoms with Gasteiger partial charge < -0.3 is 10.1 Å². The summed E-state index contributed by atoms with van der Waals surface area (Å²) in [6.45, 7) is 7.32. The highest BCUT2D eigenvalue weighted by Crippen LogP contribution is 2.31. The Morgan fingerprint density at radius 2 is 1.59 bits per heavy atom. The fourth-order valence-corrected chi connectivity index (χ4v) is 3.25. The maximum absolute atomic E-state index is 12.9. The second-order valence-corrected chi connectivity index (χ2v) is 7.51. The van der Waals surface area contributed by atoms with Crippen molar-refractivity contribution >= 4 is 40.8 Å². The third-order valence-electron chi connectivity index (χ3n) is 4.22. The van der Waals surface area contributed by atoms with Crippen LogP contribution in [0.15, 0.2) is 53.2 Å². The number of hydrogen-bond donors (Lipinski definition) is 1. The molecule has 1 aliphatic heterocycles. The number of nitrogens with zero attached hydrogens (tertiary/aromatic N) is 1. The summed E-state index contributed by atoms with van der Waals surface area (Å²) in [6, 6.07) is 11.8. The van der Waals surface area contributed by atoms with Crippen molar-refractivity contribution in [2.24, 2.45) is 0 Å². The lowest BCUT2D eigenvalue weighted by atomic mass is 10.1. The minimum absolute atomic E-state index is 0.00617. The third-order valence-corrected chi connectivity index (χ3v) is 4.58. The van der Waals surface area contributed by atoms with E-state index >= 15 is 0 Å². The van der Waals surface area contributed by atoms with Crippen LogP contribution in [0, 0.1) is 13.8 Å². The van der Waals surface area contributed by atoms with Crippen molar-refractivity contribution in [1.29, 1.82) is 0 Å². The molecule has 3 rings (SSSR count). The van der Waals surface area contributed by atoms with Crippen LogP contribution in [0.3, 0.4) is 0 Å². The Hall–Kier alpha value is -3.12. The molecule has 29 heavy (non-hydrogen) atoms. The van der Waals surface area contributed by atoms with Gasteiger partial charge in [-0.2, -0.15) is 0 Å². The van der Waals surface area contributed by atoms with Crippen LogP contribution in [0.2, 0.25) is 0 Å². The van der Waals surface area contributed by atoms with Crippen molar-refractivity contribution in [3.8, 4) is 0 Å². The van der Waals surface area contributed by atoms with Gasteiger partial charge in [-0.1, -0.05) is 17.7 Å². The number of aryl methyl sites for hydroxylation is 2. The largest absolute Gasteiger partial charge is 0.459 e. The summed E-state index contributed by atoms with van der Waals surface area (Å²) in [6.07, 6.45) is -0.220. The van der Waals surface area contributed by atoms with E-state index in [0.29, 0.717) is 16.9 Å². The molecule has 0 radical (unpaired) electrons. The topological polar surface area (TPSA) is 75.7 Å². The second-order valence-electron chi connectivity index (χ2n) is 7.14. The SMILES string of the molecule is Cc1cc(C)cc(N2C(=O)C(Cl)=C(Nc3ccc(C(=O)OC(C)C)cc3)C2=O)c1. The number of hydrogen-bond acceptors (Lipinski definition) is 5. The minimum Gasteiger partial charge on any atom is -0.459 e. The van der Waals surface area contributed by atoms with Crippen LogP contribution in [0.1, 0.15) is 35.3 Å². The standard InChI is InChI=1S/C22H21ClN2O4/c1-12(2)29-22(28)15-5-7-16(8-6-15)24-19-18(23)20(26)25(21(19)27)17-10-13(3)9-14(4)11-17/h5-12,24H,1-4H3. The molecule has 1 aliphatic rings. The van der Waals surface area contributed by atoms with Crippen molar-refractivity contribution in [1.82, 2.24) is 0 Å². The first kappa shape index (κ1) is 20.6. The minimum atomic E-state index is -0.582. The molecule has 1 heterocycles. The lowest BCUT2D eigenvalue weighted by molar-refractivity contribution is -0.120. The van der Waals surface area contributed by atoms with Crippen molar-refractivity contribution < 1.29 is 19.1 Å². The maximum atomic E-state index is 12.9. The molecule has 0 bridgehead atoms. The van der Waals surface area contributed by atoms with E-state index in [0.717, 1.165) is 16.0 Å². The molecule has 0 aromatic heterocycles. The van der Waals surface area contributed by atoms with Crippen molar-refractivity contribution in [2.75, 3.05) is 10.2 Å². The van der Waals surface area contributed by atoms with Gasteiger partial charge in [0.15, 0.2) is 0 Å². The van der Waals surface area contributed by atoms with E-state index in [9.17, 15) is 14.4 Å². The molecule has 2 aromatic carbocycles.